The van der Waals surface area contributed by atoms with Crippen molar-refractivity contribution < 1.29 is 0 Å². The van der Waals surface area contributed by atoms with Gasteiger partial charge in [0.15, 0.2) is 0 Å². The highest BCUT2D eigenvalue weighted by Gasteiger charge is 2.21. The lowest BCUT2D eigenvalue weighted by molar-refractivity contribution is 0.448. The lowest BCUT2D eigenvalue weighted by Crippen LogP contribution is -2.37. The quantitative estimate of drug-likeness (QED) is 0.762. The average Bonchev–Trinajstić information content (AvgIpc) is 2.67. The molecule has 3 heteroatoms. The summed E-state index contributed by atoms with van der Waals surface area (Å²) >= 11 is 0. The van der Waals surface area contributed by atoms with Crippen LogP contribution in [0.4, 0.5) is 0 Å². The van der Waals surface area contributed by atoms with Gasteiger partial charge in [0, 0.05) is 23.9 Å². The first-order valence-electron chi connectivity index (χ1n) is 4.83. The molecule has 76 valence electrons. The van der Waals surface area contributed by atoms with Crippen LogP contribution >= 0.6 is 0 Å². The van der Waals surface area contributed by atoms with Crippen molar-refractivity contribution in [1.29, 1.82) is 5.26 Å². The molecule has 0 radical (unpaired) electrons. The lowest BCUT2D eigenvalue weighted by Gasteiger charge is -2.24. The van der Waals surface area contributed by atoms with Crippen LogP contribution in [-0.2, 0) is 5.41 Å². The molecule has 1 unspecified atom stereocenters. The van der Waals surface area contributed by atoms with E-state index in [9.17, 15) is 0 Å². The molecule has 0 aromatic carbocycles. The van der Waals surface area contributed by atoms with Crippen molar-refractivity contribution in [3.05, 3.63) is 24.0 Å². The van der Waals surface area contributed by atoms with E-state index >= 15 is 0 Å². The van der Waals surface area contributed by atoms with Crippen LogP contribution < -0.4 is 5.32 Å². The first-order chi connectivity index (χ1) is 6.56. The Morgan fingerprint density at radius 3 is 2.86 bits per heavy atom. The molecule has 0 spiro atoms. The molecule has 3 nitrogen and oxygen atoms in total. The Balaban J connectivity index is 2.56. The maximum absolute atomic E-state index is 8.64. The number of hydrogen-bond donors (Lipinski definition) is 2. The zero-order valence-corrected chi connectivity index (χ0v) is 8.96. The molecule has 2 N–H and O–H groups in total. The summed E-state index contributed by atoms with van der Waals surface area (Å²) < 4.78 is 0. The third kappa shape index (κ3) is 2.61. The third-order valence-electron chi connectivity index (χ3n) is 2.37. The van der Waals surface area contributed by atoms with Crippen LogP contribution in [0.3, 0.4) is 0 Å². The molecule has 1 atom stereocenters. The van der Waals surface area contributed by atoms with E-state index in [1.54, 1.807) is 0 Å². The molecule has 1 heterocycles. The van der Waals surface area contributed by atoms with E-state index in [1.807, 2.05) is 19.2 Å². The van der Waals surface area contributed by atoms with Gasteiger partial charge in [0.2, 0.25) is 0 Å². The van der Waals surface area contributed by atoms with Crippen LogP contribution in [0.15, 0.2) is 18.3 Å². The minimum atomic E-state index is -0.0933. The minimum absolute atomic E-state index is 0.0363. The summed E-state index contributed by atoms with van der Waals surface area (Å²) in [5.41, 5.74) is 1.23. The maximum Gasteiger partial charge on any atom is 0.0924 e. The topological polar surface area (TPSA) is 51.6 Å². The Kier molecular flexibility index (Phi) is 3.32. The van der Waals surface area contributed by atoms with Crippen molar-refractivity contribution in [2.75, 3.05) is 6.54 Å². The average molecular weight is 191 g/mol. The van der Waals surface area contributed by atoms with Crippen molar-refractivity contribution in [2.24, 2.45) is 0 Å². The Bertz CT molecular complexity index is 306. The summed E-state index contributed by atoms with van der Waals surface area (Å²) in [7, 11) is 0. The highest BCUT2D eigenvalue weighted by Crippen LogP contribution is 2.19. The molecule has 0 saturated heterocycles. The smallest absolute Gasteiger partial charge is 0.0924 e. The number of aromatic amines is 1. The van der Waals surface area contributed by atoms with Gasteiger partial charge in [-0.05, 0) is 19.1 Å². The molecule has 0 aliphatic carbocycles. The second-order valence-electron chi connectivity index (χ2n) is 4.20. The summed E-state index contributed by atoms with van der Waals surface area (Å²) in [5.74, 6) is 0. The predicted molar refractivity (Wildman–Crippen MR) is 56.9 cm³/mol. The van der Waals surface area contributed by atoms with Gasteiger partial charge in [-0.1, -0.05) is 13.8 Å². The fraction of sp³-hybridized carbons (Fsp3) is 0.545. The van der Waals surface area contributed by atoms with Gasteiger partial charge in [-0.15, -0.1) is 0 Å². The SMILES string of the molecule is CC(C#N)NCC(C)(C)c1ccc[nH]1. The fourth-order valence-corrected chi connectivity index (χ4v) is 1.30. The van der Waals surface area contributed by atoms with E-state index in [2.05, 4.69) is 36.3 Å². The van der Waals surface area contributed by atoms with Gasteiger partial charge >= 0.3 is 0 Å². The zero-order chi connectivity index (χ0) is 10.6. The highest BCUT2D eigenvalue weighted by atomic mass is 14.9. The number of rotatable bonds is 4. The van der Waals surface area contributed by atoms with Crippen LogP contribution in [0.25, 0.3) is 0 Å². The molecule has 0 bridgehead atoms. The molecule has 1 aromatic heterocycles. The maximum atomic E-state index is 8.64. The van der Waals surface area contributed by atoms with Gasteiger partial charge in [-0.3, -0.25) is 0 Å². The van der Waals surface area contributed by atoms with Crippen molar-refractivity contribution in [3.63, 3.8) is 0 Å². The zero-order valence-electron chi connectivity index (χ0n) is 8.96. The summed E-state index contributed by atoms with van der Waals surface area (Å²) in [6, 6.07) is 6.13. The van der Waals surface area contributed by atoms with Gasteiger partial charge in [0.05, 0.1) is 12.1 Å². The standard InChI is InChI=1S/C11H17N3/c1-9(7-12)14-8-11(2,3)10-5-4-6-13-10/h4-6,9,13-14H,8H2,1-3H3. The highest BCUT2D eigenvalue weighted by molar-refractivity contribution is 5.15. The first-order valence-corrected chi connectivity index (χ1v) is 4.83. The van der Waals surface area contributed by atoms with Crippen molar-refractivity contribution >= 4 is 0 Å². The monoisotopic (exact) mass is 191 g/mol. The fourth-order valence-electron chi connectivity index (χ4n) is 1.30. The summed E-state index contributed by atoms with van der Waals surface area (Å²) in [4.78, 5) is 3.20. The first kappa shape index (κ1) is 10.8. The molecule has 1 rings (SSSR count). The minimum Gasteiger partial charge on any atom is -0.365 e. The van der Waals surface area contributed by atoms with Crippen molar-refractivity contribution in [3.8, 4) is 6.07 Å². The Labute approximate surface area is 85.1 Å². The predicted octanol–water partition coefficient (Wildman–Crippen LogP) is 1.79. The van der Waals surface area contributed by atoms with Gasteiger partial charge in [0.25, 0.3) is 0 Å². The molecular weight excluding hydrogens is 174 g/mol. The van der Waals surface area contributed by atoms with Crippen LogP contribution in [0.2, 0.25) is 0 Å². The van der Waals surface area contributed by atoms with Gasteiger partial charge in [0.1, 0.15) is 0 Å². The van der Waals surface area contributed by atoms with E-state index in [4.69, 9.17) is 5.26 Å². The summed E-state index contributed by atoms with van der Waals surface area (Å²) in [6.07, 6.45) is 1.92. The third-order valence-corrected chi connectivity index (χ3v) is 2.37. The second kappa shape index (κ2) is 4.30. The van der Waals surface area contributed by atoms with Gasteiger partial charge in [-0.2, -0.15) is 5.26 Å². The number of nitriles is 1. The lowest BCUT2D eigenvalue weighted by atomic mass is 9.89. The summed E-state index contributed by atoms with van der Waals surface area (Å²) in [5, 5.41) is 11.8. The Morgan fingerprint density at radius 1 is 1.64 bits per heavy atom. The van der Waals surface area contributed by atoms with E-state index in [0.717, 1.165) is 6.54 Å². The number of aromatic nitrogens is 1. The molecule has 0 fully saturated rings. The van der Waals surface area contributed by atoms with Crippen LogP contribution in [0.1, 0.15) is 26.5 Å². The Morgan fingerprint density at radius 2 is 2.36 bits per heavy atom. The van der Waals surface area contributed by atoms with Gasteiger partial charge < -0.3 is 10.3 Å². The van der Waals surface area contributed by atoms with Crippen molar-refractivity contribution in [2.45, 2.75) is 32.2 Å². The van der Waals surface area contributed by atoms with E-state index < -0.39 is 0 Å². The number of nitrogens with zero attached hydrogens (tertiary/aromatic N) is 1. The number of hydrogen-bond acceptors (Lipinski definition) is 2. The number of H-pyrrole nitrogens is 1. The van der Waals surface area contributed by atoms with E-state index in [0.29, 0.717) is 0 Å². The molecule has 1 aromatic rings. The molecular formula is C11H17N3. The molecule has 14 heavy (non-hydrogen) atoms. The van der Waals surface area contributed by atoms with Crippen molar-refractivity contribution in [1.82, 2.24) is 10.3 Å². The van der Waals surface area contributed by atoms with E-state index in [-0.39, 0.29) is 11.5 Å². The molecule has 0 saturated carbocycles. The molecule has 0 amide bonds. The largest absolute Gasteiger partial charge is 0.365 e. The van der Waals surface area contributed by atoms with E-state index in [1.165, 1.54) is 5.69 Å². The van der Waals surface area contributed by atoms with Gasteiger partial charge in [-0.25, -0.2) is 0 Å². The molecule has 0 aliphatic rings. The normalized spacial score (nSPS) is 13.6. The molecule has 0 aliphatic heterocycles. The summed E-state index contributed by atoms with van der Waals surface area (Å²) in [6.45, 7) is 6.96. The second-order valence-corrected chi connectivity index (χ2v) is 4.20. The Hall–Kier alpha value is -1.27. The van der Waals surface area contributed by atoms with Crippen LogP contribution in [0.5, 0.6) is 0 Å². The van der Waals surface area contributed by atoms with Crippen LogP contribution in [-0.4, -0.2) is 17.6 Å². The van der Waals surface area contributed by atoms with Crippen LogP contribution in [0, 0.1) is 11.3 Å². The number of nitrogens with one attached hydrogen (secondary N) is 2.